The highest BCUT2D eigenvalue weighted by atomic mass is 16.5. The molecule has 0 saturated carbocycles. The normalized spacial score (nSPS) is 10.4. The molecule has 0 fully saturated rings. The van der Waals surface area contributed by atoms with Gasteiger partial charge in [0.15, 0.2) is 0 Å². The highest BCUT2D eigenvalue weighted by Gasteiger charge is 2.19. The Morgan fingerprint density at radius 1 is 1.16 bits per heavy atom. The molecule has 0 bridgehead atoms. The van der Waals surface area contributed by atoms with Crippen LogP contribution in [0.3, 0.4) is 0 Å². The number of benzene rings is 2. The first-order chi connectivity index (χ1) is 12.0. The summed E-state index contributed by atoms with van der Waals surface area (Å²) in [6.07, 6.45) is 1.68. The van der Waals surface area contributed by atoms with Crippen molar-refractivity contribution in [3.63, 3.8) is 0 Å². The van der Waals surface area contributed by atoms with Gasteiger partial charge in [0.2, 0.25) is 0 Å². The second-order valence-electron chi connectivity index (χ2n) is 5.89. The van der Waals surface area contributed by atoms with Crippen LogP contribution >= 0.6 is 0 Å². The Morgan fingerprint density at radius 2 is 1.88 bits per heavy atom. The average molecular weight is 342 g/mol. The molecule has 0 heterocycles. The fourth-order valence-electron chi connectivity index (χ4n) is 2.77. The minimum Gasteiger partial charge on any atom is -0.489 e. The van der Waals surface area contributed by atoms with Gasteiger partial charge >= 0.3 is 6.03 Å². The molecule has 25 heavy (non-hydrogen) atoms. The van der Waals surface area contributed by atoms with Crippen molar-refractivity contribution in [3.8, 4) is 5.75 Å². The number of hydrogen-bond acceptors (Lipinski definition) is 3. The molecule has 2 amide bonds. The minimum atomic E-state index is -0.578. The van der Waals surface area contributed by atoms with Crippen molar-refractivity contribution in [2.24, 2.45) is 0 Å². The van der Waals surface area contributed by atoms with Crippen LogP contribution in [0.5, 0.6) is 5.75 Å². The molecular weight excluding hydrogens is 316 g/mol. The third-order valence-corrected chi connectivity index (χ3v) is 4.23. The molecule has 134 valence electrons. The van der Waals surface area contributed by atoms with Crippen LogP contribution in [0.1, 0.15) is 36.1 Å². The fraction of sp³-hybridized carbons (Fsp3) is 0.350. The lowest BCUT2D eigenvalue weighted by Gasteiger charge is -2.21. The number of para-hydroxylation sites is 1. The fourth-order valence-corrected chi connectivity index (χ4v) is 2.77. The van der Waals surface area contributed by atoms with Crippen molar-refractivity contribution in [2.75, 3.05) is 12.1 Å². The van der Waals surface area contributed by atoms with Gasteiger partial charge in [-0.15, -0.1) is 0 Å². The van der Waals surface area contributed by atoms with Gasteiger partial charge in [-0.2, -0.15) is 5.06 Å². The van der Waals surface area contributed by atoms with Crippen LogP contribution in [0.2, 0.25) is 0 Å². The summed E-state index contributed by atoms with van der Waals surface area (Å²) in [4.78, 5) is 11.9. The summed E-state index contributed by atoms with van der Waals surface area (Å²) < 4.78 is 5.96. The zero-order valence-electron chi connectivity index (χ0n) is 15.3. The van der Waals surface area contributed by atoms with E-state index in [-0.39, 0.29) is 6.61 Å². The molecule has 0 aliphatic carbocycles. The quantitative estimate of drug-likeness (QED) is 0.610. The Bertz CT molecular complexity index is 744. The number of aryl methyl sites for hydroxylation is 3. The number of amides is 2. The summed E-state index contributed by atoms with van der Waals surface area (Å²) in [5.41, 5.74) is 4.45. The Morgan fingerprint density at radius 3 is 2.48 bits per heavy atom. The van der Waals surface area contributed by atoms with Crippen molar-refractivity contribution in [1.29, 1.82) is 0 Å². The molecule has 2 aromatic rings. The van der Waals surface area contributed by atoms with Crippen LogP contribution in [-0.4, -0.2) is 18.3 Å². The lowest BCUT2D eigenvalue weighted by Crippen LogP contribution is -2.36. The number of nitrogens with zero attached hydrogens (tertiary/aromatic N) is 1. The zero-order chi connectivity index (χ0) is 18.4. The van der Waals surface area contributed by atoms with Gasteiger partial charge in [-0.1, -0.05) is 44.2 Å². The van der Waals surface area contributed by atoms with E-state index in [1.807, 2.05) is 38.1 Å². The third kappa shape index (κ3) is 4.31. The topological polar surface area (TPSA) is 61.8 Å². The number of anilines is 1. The van der Waals surface area contributed by atoms with E-state index in [1.165, 1.54) is 12.6 Å². The lowest BCUT2D eigenvalue weighted by molar-refractivity contribution is 0.205. The van der Waals surface area contributed by atoms with Crippen LogP contribution in [0.15, 0.2) is 36.4 Å². The van der Waals surface area contributed by atoms with Crippen molar-refractivity contribution in [1.82, 2.24) is 5.32 Å². The van der Waals surface area contributed by atoms with Crippen LogP contribution in [0, 0.1) is 6.92 Å². The van der Waals surface area contributed by atoms with Gasteiger partial charge < -0.3 is 10.1 Å². The molecule has 0 saturated heterocycles. The van der Waals surface area contributed by atoms with E-state index in [2.05, 4.69) is 24.4 Å². The van der Waals surface area contributed by atoms with Crippen LogP contribution < -0.4 is 15.1 Å². The summed E-state index contributed by atoms with van der Waals surface area (Å²) in [5, 5.41) is 13.4. The molecule has 0 unspecified atom stereocenters. The molecule has 0 aromatic heterocycles. The number of carbonyl (C=O) groups excluding carboxylic acids is 1. The van der Waals surface area contributed by atoms with Gasteiger partial charge in [0.05, 0.1) is 5.69 Å². The number of hydroxylamine groups is 1. The minimum absolute atomic E-state index is 0.267. The Balaban J connectivity index is 2.29. The second kappa shape index (κ2) is 8.53. The summed E-state index contributed by atoms with van der Waals surface area (Å²) >= 11 is 0. The molecule has 5 heteroatoms. The van der Waals surface area contributed by atoms with Gasteiger partial charge in [0.1, 0.15) is 12.4 Å². The van der Waals surface area contributed by atoms with Crippen molar-refractivity contribution >= 4 is 11.7 Å². The van der Waals surface area contributed by atoms with E-state index in [4.69, 9.17) is 4.74 Å². The predicted molar refractivity (Wildman–Crippen MR) is 99.4 cm³/mol. The summed E-state index contributed by atoms with van der Waals surface area (Å²) in [5.74, 6) is 0.800. The number of hydrogen-bond donors (Lipinski definition) is 2. The molecule has 2 aromatic carbocycles. The number of nitrogens with one attached hydrogen (secondary N) is 1. The Kier molecular flexibility index (Phi) is 6.42. The van der Waals surface area contributed by atoms with E-state index in [0.29, 0.717) is 17.2 Å². The monoisotopic (exact) mass is 342 g/mol. The van der Waals surface area contributed by atoms with Gasteiger partial charge in [-0.3, -0.25) is 5.21 Å². The van der Waals surface area contributed by atoms with Crippen molar-refractivity contribution in [2.45, 2.75) is 40.2 Å². The van der Waals surface area contributed by atoms with E-state index in [9.17, 15) is 10.0 Å². The number of ether oxygens (including phenoxy) is 1. The second-order valence-corrected chi connectivity index (χ2v) is 5.89. The molecule has 0 atom stereocenters. The van der Waals surface area contributed by atoms with Gasteiger partial charge in [-0.25, -0.2) is 4.79 Å². The van der Waals surface area contributed by atoms with E-state index in [0.717, 1.165) is 28.9 Å². The number of rotatable bonds is 6. The largest absolute Gasteiger partial charge is 0.489 e. The Labute approximate surface area is 149 Å². The third-order valence-electron chi connectivity index (χ3n) is 4.23. The summed E-state index contributed by atoms with van der Waals surface area (Å²) in [6.45, 7) is 6.38. The molecule has 0 aliphatic rings. The maximum absolute atomic E-state index is 11.9. The number of urea groups is 1. The molecular formula is C20H26N2O3. The van der Waals surface area contributed by atoms with E-state index < -0.39 is 6.03 Å². The first-order valence-corrected chi connectivity index (χ1v) is 8.55. The summed E-state index contributed by atoms with van der Waals surface area (Å²) in [7, 11) is 1.48. The SMILES string of the molecule is CCc1ccc(OCc2cccc(CC)c2N(O)C(=O)NC)c(C)c1. The maximum Gasteiger partial charge on any atom is 0.345 e. The first-order valence-electron chi connectivity index (χ1n) is 8.55. The van der Waals surface area contributed by atoms with Gasteiger partial charge in [0, 0.05) is 12.6 Å². The van der Waals surface area contributed by atoms with Crippen molar-refractivity contribution < 1.29 is 14.7 Å². The molecule has 0 aliphatic heterocycles. The van der Waals surface area contributed by atoms with Crippen LogP contribution in [0.25, 0.3) is 0 Å². The van der Waals surface area contributed by atoms with Crippen molar-refractivity contribution in [3.05, 3.63) is 58.7 Å². The highest BCUT2D eigenvalue weighted by Crippen LogP contribution is 2.28. The van der Waals surface area contributed by atoms with Gasteiger partial charge in [0.25, 0.3) is 0 Å². The lowest BCUT2D eigenvalue weighted by atomic mass is 10.0. The zero-order valence-corrected chi connectivity index (χ0v) is 15.3. The van der Waals surface area contributed by atoms with E-state index >= 15 is 0 Å². The molecule has 0 radical (unpaired) electrons. The standard InChI is InChI=1S/C20H26N2O3/c1-5-15-10-11-18(14(3)12-15)25-13-17-9-7-8-16(6-2)19(17)22(24)20(23)21-4/h7-12,24H,5-6,13H2,1-4H3,(H,21,23). The smallest absolute Gasteiger partial charge is 0.345 e. The molecule has 2 rings (SSSR count). The number of carbonyl (C=O) groups is 1. The average Bonchev–Trinajstić information content (AvgIpc) is 2.65. The molecule has 5 nitrogen and oxygen atoms in total. The Hall–Kier alpha value is -2.53. The maximum atomic E-state index is 11.9. The summed E-state index contributed by atoms with van der Waals surface area (Å²) in [6, 6.07) is 11.2. The molecule has 2 N–H and O–H groups in total. The molecule has 0 spiro atoms. The van der Waals surface area contributed by atoms with Gasteiger partial charge in [-0.05, 0) is 42.5 Å². The van der Waals surface area contributed by atoms with Crippen LogP contribution in [0.4, 0.5) is 10.5 Å². The highest BCUT2D eigenvalue weighted by molar-refractivity contribution is 5.91. The van der Waals surface area contributed by atoms with Crippen LogP contribution in [-0.2, 0) is 19.4 Å². The van der Waals surface area contributed by atoms with E-state index in [1.54, 1.807) is 0 Å². The first kappa shape index (κ1) is 18.8. The predicted octanol–water partition coefficient (Wildman–Crippen LogP) is 4.23.